The number of ether oxygens (including phenoxy) is 1. The predicted octanol–water partition coefficient (Wildman–Crippen LogP) is 3.36. The minimum Gasteiger partial charge on any atom is -0.508 e. The van der Waals surface area contributed by atoms with E-state index in [0.717, 1.165) is 44.1 Å². The fraction of sp³-hybridized carbons (Fsp3) is 0.350. The van der Waals surface area contributed by atoms with Crippen LogP contribution in [-0.2, 0) is 12.8 Å². The van der Waals surface area contributed by atoms with E-state index in [1.54, 1.807) is 26.3 Å². The van der Waals surface area contributed by atoms with Gasteiger partial charge in [-0.1, -0.05) is 24.3 Å². The van der Waals surface area contributed by atoms with Crippen molar-refractivity contribution in [3.8, 4) is 11.5 Å². The summed E-state index contributed by atoms with van der Waals surface area (Å²) in [5.74, 6) is 2.00. The Morgan fingerprint density at radius 2 is 1.50 bits per heavy atom. The Morgan fingerprint density at radius 3 is 2.12 bits per heavy atom. The summed E-state index contributed by atoms with van der Waals surface area (Å²) in [5, 5.41) is 15.9. The minimum absolute atomic E-state index is 0. The molecule has 2 aromatic rings. The number of halogens is 1. The first kappa shape index (κ1) is 22.1. The molecule has 0 aliphatic heterocycles. The van der Waals surface area contributed by atoms with Gasteiger partial charge in [0.2, 0.25) is 0 Å². The van der Waals surface area contributed by atoms with E-state index in [4.69, 9.17) is 4.74 Å². The molecule has 0 radical (unpaired) electrons. The first-order chi connectivity index (χ1) is 12.2. The van der Waals surface area contributed by atoms with Gasteiger partial charge in [-0.05, 0) is 54.7 Å². The van der Waals surface area contributed by atoms with Gasteiger partial charge in [-0.3, -0.25) is 4.99 Å². The Balaban J connectivity index is 0.00000338. The molecular formula is C20H28IN3O2. The third-order valence-corrected chi connectivity index (χ3v) is 3.96. The zero-order valence-corrected chi connectivity index (χ0v) is 17.7. The Bertz CT molecular complexity index is 658. The van der Waals surface area contributed by atoms with E-state index in [9.17, 15) is 5.11 Å². The van der Waals surface area contributed by atoms with Crippen molar-refractivity contribution in [3.05, 3.63) is 59.7 Å². The SMILES string of the molecule is CN=C(NCCCc1ccc(O)cc1)NCCc1ccc(OC)cc1.I. The topological polar surface area (TPSA) is 65.9 Å². The van der Waals surface area contributed by atoms with E-state index in [1.165, 1.54) is 11.1 Å². The maximum Gasteiger partial charge on any atom is 0.190 e. The molecule has 0 saturated heterocycles. The molecular weight excluding hydrogens is 441 g/mol. The highest BCUT2D eigenvalue weighted by atomic mass is 127. The van der Waals surface area contributed by atoms with Gasteiger partial charge < -0.3 is 20.5 Å². The summed E-state index contributed by atoms with van der Waals surface area (Å²) in [7, 11) is 3.45. The van der Waals surface area contributed by atoms with Gasteiger partial charge in [0, 0.05) is 20.1 Å². The van der Waals surface area contributed by atoms with Crippen LogP contribution in [0, 0.1) is 0 Å². The van der Waals surface area contributed by atoms with Crippen LogP contribution in [0.3, 0.4) is 0 Å². The Labute approximate surface area is 172 Å². The van der Waals surface area contributed by atoms with Crippen LogP contribution in [-0.4, -0.2) is 38.3 Å². The largest absolute Gasteiger partial charge is 0.508 e. The fourth-order valence-corrected chi connectivity index (χ4v) is 2.50. The maximum atomic E-state index is 9.28. The van der Waals surface area contributed by atoms with E-state index in [1.807, 2.05) is 24.3 Å². The van der Waals surface area contributed by atoms with Crippen LogP contribution in [0.4, 0.5) is 0 Å². The van der Waals surface area contributed by atoms with Crippen LogP contribution >= 0.6 is 24.0 Å². The van der Waals surface area contributed by atoms with E-state index < -0.39 is 0 Å². The van der Waals surface area contributed by atoms with Crippen molar-refractivity contribution < 1.29 is 9.84 Å². The summed E-state index contributed by atoms with van der Waals surface area (Å²) in [6, 6.07) is 15.5. The van der Waals surface area contributed by atoms with Gasteiger partial charge in [-0.25, -0.2) is 0 Å². The number of benzene rings is 2. The zero-order valence-electron chi connectivity index (χ0n) is 15.4. The van der Waals surface area contributed by atoms with Crippen molar-refractivity contribution in [1.82, 2.24) is 10.6 Å². The van der Waals surface area contributed by atoms with E-state index >= 15 is 0 Å². The number of hydrogen-bond donors (Lipinski definition) is 3. The van der Waals surface area contributed by atoms with Crippen molar-refractivity contribution in [1.29, 1.82) is 0 Å². The second-order valence-corrected chi connectivity index (χ2v) is 5.79. The van der Waals surface area contributed by atoms with Gasteiger partial charge in [-0.15, -0.1) is 24.0 Å². The lowest BCUT2D eigenvalue weighted by molar-refractivity contribution is 0.414. The van der Waals surface area contributed by atoms with Crippen molar-refractivity contribution in [3.63, 3.8) is 0 Å². The molecule has 0 aliphatic carbocycles. The van der Waals surface area contributed by atoms with Crippen LogP contribution in [0.15, 0.2) is 53.5 Å². The van der Waals surface area contributed by atoms with Crippen molar-refractivity contribution in [2.45, 2.75) is 19.3 Å². The predicted molar refractivity (Wildman–Crippen MR) is 118 cm³/mol. The summed E-state index contributed by atoms with van der Waals surface area (Å²) < 4.78 is 5.16. The number of rotatable bonds is 8. The molecule has 0 aliphatic rings. The lowest BCUT2D eigenvalue weighted by Crippen LogP contribution is -2.38. The van der Waals surface area contributed by atoms with Gasteiger partial charge in [0.1, 0.15) is 11.5 Å². The van der Waals surface area contributed by atoms with E-state index in [0.29, 0.717) is 5.75 Å². The molecule has 3 N–H and O–H groups in total. The third-order valence-electron chi connectivity index (χ3n) is 3.96. The number of phenols is 1. The summed E-state index contributed by atoms with van der Waals surface area (Å²) in [6.45, 7) is 1.67. The molecule has 0 atom stereocenters. The van der Waals surface area contributed by atoms with Gasteiger partial charge in [0.05, 0.1) is 7.11 Å². The highest BCUT2D eigenvalue weighted by Gasteiger charge is 1.99. The zero-order chi connectivity index (χ0) is 17.9. The standard InChI is InChI=1S/C20H27N3O2.HI/c1-21-20(22-14-3-4-16-5-9-18(24)10-6-16)23-15-13-17-7-11-19(25-2)12-8-17;/h5-12,24H,3-4,13-15H2,1-2H3,(H2,21,22,23);1H. The van der Waals surface area contributed by atoms with E-state index in [-0.39, 0.29) is 24.0 Å². The second kappa shape index (κ2) is 12.4. The van der Waals surface area contributed by atoms with E-state index in [2.05, 4.69) is 27.8 Å². The van der Waals surface area contributed by atoms with Crippen LogP contribution in [0.2, 0.25) is 0 Å². The smallest absolute Gasteiger partial charge is 0.190 e. The third kappa shape index (κ3) is 7.95. The molecule has 2 rings (SSSR count). The maximum absolute atomic E-state index is 9.28. The lowest BCUT2D eigenvalue weighted by atomic mass is 10.1. The average molecular weight is 469 g/mol. The number of nitrogens with one attached hydrogen (secondary N) is 2. The summed E-state index contributed by atoms with van der Waals surface area (Å²) in [5.41, 5.74) is 2.48. The highest BCUT2D eigenvalue weighted by molar-refractivity contribution is 14.0. The average Bonchev–Trinajstić information content (AvgIpc) is 2.65. The molecule has 142 valence electrons. The second-order valence-electron chi connectivity index (χ2n) is 5.79. The number of methoxy groups -OCH3 is 1. The van der Waals surface area contributed by atoms with Gasteiger partial charge in [0.25, 0.3) is 0 Å². The first-order valence-corrected chi connectivity index (χ1v) is 8.56. The Kier molecular flexibility index (Phi) is 10.5. The molecule has 0 bridgehead atoms. The highest BCUT2D eigenvalue weighted by Crippen LogP contribution is 2.11. The number of aliphatic imine (C=N–C) groups is 1. The molecule has 0 heterocycles. The first-order valence-electron chi connectivity index (χ1n) is 8.56. The molecule has 0 aromatic heterocycles. The summed E-state index contributed by atoms with van der Waals surface area (Å²) >= 11 is 0. The van der Waals surface area contributed by atoms with Crippen molar-refractivity contribution in [2.24, 2.45) is 4.99 Å². The molecule has 0 saturated carbocycles. The number of guanidine groups is 1. The summed E-state index contributed by atoms with van der Waals surface area (Å²) in [4.78, 5) is 4.24. The lowest BCUT2D eigenvalue weighted by Gasteiger charge is -2.12. The quantitative estimate of drug-likeness (QED) is 0.240. The van der Waals surface area contributed by atoms with Gasteiger partial charge in [-0.2, -0.15) is 0 Å². The number of hydrogen-bond acceptors (Lipinski definition) is 3. The summed E-state index contributed by atoms with van der Waals surface area (Å²) in [6.07, 6.45) is 2.90. The minimum atomic E-state index is 0. The molecule has 0 spiro atoms. The van der Waals surface area contributed by atoms with Crippen LogP contribution < -0.4 is 15.4 Å². The molecule has 0 unspecified atom stereocenters. The normalized spacial score (nSPS) is 10.8. The number of nitrogens with zero attached hydrogens (tertiary/aromatic N) is 1. The number of phenolic OH excluding ortho intramolecular Hbond substituents is 1. The molecule has 0 amide bonds. The van der Waals surface area contributed by atoms with Gasteiger partial charge in [0.15, 0.2) is 5.96 Å². The van der Waals surface area contributed by atoms with Crippen LogP contribution in [0.5, 0.6) is 11.5 Å². The van der Waals surface area contributed by atoms with Gasteiger partial charge >= 0.3 is 0 Å². The van der Waals surface area contributed by atoms with Crippen LogP contribution in [0.1, 0.15) is 17.5 Å². The number of aromatic hydroxyl groups is 1. The Morgan fingerprint density at radius 1 is 0.923 bits per heavy atom. The molecule has 5 nitrogen and oxygen atoms in total. The Hall–Kier alpha value is -1.96. The molecule has 6 heteroatoms. The molecule has 0 fully saturated rings. The van der Waals surface area contributed by atoms with Crippen molar-refractivity contribution >= 4 is 29.9 Å². The molecule has 26 heavy (non-hydrogen) atoms. The van der Waals surface area contributed by atoms with Crippen molar-refractivity contribution in [2.75, 3.05) is 27.2 Å². The van der Waals surface area contributed by atoms with Crippen LogP contribution in [0.25, 0.3) is 0 Å². The fourth-order valence-electron chi connectivity index (χ4n) is 2.50. The number of aryl methyl sites for hydroxylation is 1. The molecule has 2 aromatic carbocycles. The monoisotopic (exact) mass is 469 g/mol.